The summed E-state index contributed by atoms with van der Waals surface area (Å²) in [6, 6.07) is 21.9. The first kappa shape index (κ1) is 23.9. The SMILES string of the molecule is Cc1cc(C)c(/C=C2\C(=O)N(Cc3ccc(Cl)c(Cl)c3)c3ccc(NC(=O)c4ccccc4)cc32)[nH]1. The predicted molar refractivity (Wildman–Crippen MR) is 147 cm³/mol. The maximum Gasteiger partial charge on any atom is 0.259 e. The van der Waals surface area contributed by atoms with Crippen molar-refractivity contribution in [2.75, 3.05) is 10.2 Å². The van der Waals surface area contributed by atoms with Gasteiger partial charge in [0.2, 0.25) is 0 Å². The molecule has 0 spiro atoms. The van der Waals surface area contributed by atoms with E-state index in [-0.39, 0.29) is 11.8 Å². The van der Waals surface area contributed by atoms with Crippen LogP contribution in [0.5, 0.6) is 0 Å². The van der Waals surface area contributed by atoms with E-state index in [1.807, 2.05) is 68.5 Å². The number of carbonyl (C=O) groups excluding carboxylic acids is 2. The molecule has 5 rings (SSSR count). The number of anilines is 2. The van der Waals surface area contributed by atoms with Crippen LogP contribution in [0.1, 0.15) is 38.4 Å². The first-order chi connectivity index (χ1) is 17.3. The van der Waals surface area contributed by atoms with Crippen LogP contribution in [0, 0.1) is 13.8 Å². The number of hydrogen-bond donors (Lipinski definition) is 2. The maximum atomic E-state index is 13.7. The summed E-state index contributed by atoms with van der Waals surface area (Å²) < 4.78 is 0. The highest BCUT2D eigenvalue weighted by molar-refractivity contribution is 6.42. The van der Waals surface area contributed by atoms with Gasteiger partial charge in [-0.05, 0) is 79.6 Å². The highest BCUT2D eigenvalue weighted by Gasteiger charge is 2.33. The molecule has 0 radical (unpaired) electrons. The van der Waals surface area contributed by atoms with Gasteiger partial charge in [0.1, 0.15) is 0 Å². The Hall–Kier alpha value is -3.80. The second kappa shape index (κ2) is 9.69. The predicted octanol–water partition coefficient (Wildman–Crippen LogP) is 7.28. The van der Waals surface area contributed by atoms with Crippen LogP contribution in [0.15, 0.2) is 72.8 Å². The minimum atomic E-state index is -0.214. The molecule has 0 fully saturated rings. The van der Waals surface area contributed by atoms with Crippen molar-refractivity contribution >= 4 is 58.0 Å². The number of nitrogens with zero attached hydrogens (tertiary/aromatic N) is 1. The smallest absolute Gasteiger partial charge is 0.259 e. The van der Waals surface area contributed by atoms with E-state index in [9.17, 15) is 9.59 Å². The molecule has 0 atom stereocenters. The van der Waals surface area contributed by atoms with Gasteiger partial charge in [0.25, 0.3) is 11.8 Å². The van der Waals surface area contributed by atoms with Gasteiger partial charge < -0.3 is 15.2 Å². The normalized spacial score (nSPS) is 13.8. The Kier molecular flexibility index (Phi) is 6.44. The van der Waals surface area contributed by atoms with Crippen LogP contribution in [0.4, 0.5) is 11.4 Å². The summed E-state index contributed by atoms with van der Waals surface area (Å²) in [5.74, 6) is -0.344. The molecule has 1 aliphatic heterocycles. The van der Waals surface area contributed by atoms with E-state index in [2.05, 4.69) is 10.3 Å². The molecule has 0 unspecified atom stereocenters. The molecule has 0 aliphatic carbocycles. The van der Waals surface area contributed by atoms with Crippen molar-refractivity contribution in [2.24, 2.45) is 0 Å². The average molecular weight is 516 g/mol. The molecule has 1 aromatic heterocycles. The van der Waals surface area contributed by atoms with E-state index in [0.717, 1.165) is 33.8 Å². The minimum Gasteiger partial charge on any atom is -0.359 e. The summed E-state index contributed by atoms with van der Waals surface area (Å²) in [5, 5.41) is 3.85. The molecule has 2 N–H and O–H groups in total. The number of amides is 2. The van der Waals surface area contributed by atoms with Crippen LogP contribution in [0.3, 0.4) is 0 Å². The number of aromatic amines is 1. The first-order valence-corrected chi connectivity index (χ1v) is 12.2. The molecule has 4 aromatic rings. The van der Waals surface area contributed by atoms with Gasteiger partial charge in [-0.15, -0.1) is 0 Å². The fourth-order valence-corrected chi connectivity index (χ4v) is 4.71. The third kappa shape index (κ3) is 4.68. The van der Waals surface area contributed by atoms with Crippen molar-refractivity contribution in [3.63, 3.8) is 0 Å². The molecule has 3 aromatic carbocycles. The van der Waals surface area contributed by atoms with Gasteiger partial charge >= 0.3 is 0 Å². The highest BCUT2D eigenvalue weighted by atomic mass is 35.5. The quantitative estimate of drug-likeness (QED) is 0.274. The standard InChI is InChI=1S/C29H23Cl2N3O2/c1-17-12-18(2)32-26(17)15-23-22-14-21(33-28(35)20-6-4-3-5-7-20)9-11-27(22)34(29(23)36)16-19-8-10-24(30)25(31)13-19/h3-15,32H,16H2,1-2H3,(H,33,35)/b23-15-. The fraction of sp³-hybridized carbons (Fsp3) is 0.103. The van der Waals surface area contributed by atoms with Crippen LogP contribution < -0.4 is 10.2 Å². The summed E-state index contributed by atoms with van der Waals surface area (Å²) in [6.07, 6.45) is 1.88. The summed E-state index contributed by atoms with van der Waals surface area (Å²) in [5.41, 5.74) is 7.02. The Morgan fingerprint density at radius 2 is 1.75 bits per heavy atom. The third-order valence-electron chi connectivity index (χ3n) is 6.15. The minimum absolute atomic E-state index is 0.130. The number of halogens is 2. The second-order valence-corrected chi connectivity index (χ2v) is 9.61. The Bertz CT molecular complexity index is 1520. The molecule has 36 heavy (non-hydrogen) atoms. The topological polar surface area (TPSA) is 65.2 Å². The third-order valence-corrected chi connectivity index (χ3v) is 6.89. The Morgan fingerprint density at radius 3 is 2.44 bits per heavy atom. The molecule has 1 aliphatic rings. The number of nitrogens with one attached hydrogen (secondary N) is 2. The van der Waals surface area contributed by atoms with Crippen molar-refractivity contribution in [3.8, 4) is 0 Å². The fourth-order valence-electron chi connectivity index (χ4n) is 4.39. The van der Waals surface area contributed by atoms with E-state index in [4.69, 9.17) is 23.2 Å². The van der Waals surface area contributed by atoms with E-state index in [1.165, 1.54) is 0 Å². The molecule has 5 nitrogen and oxygen atoms in total. The lowest BCUT2D eigenvalue weighted by Gasteiger charge is -2.18. The Labute approximate surface area is 219 Å². The van der Waals surface area contributed by atoms with Gasteiger partial charge in [0.15, 0.2) is 0 Å². The molecule has 0 bridgehead atoms. The number of hydrogen-bond acceptors (Lipinski definition) is 2. The Balaban J connectivity index is 1.54. The lowest BCUT2D eigenvalue weighted by atomic mass is 10.0. The zero-order valence-electron chi connectivity index (χ0n) is 19.7. The number of carbonyl (C=O) groups is 2. The summed E-state index contributed by atoms with van der Waals surface area (Å²) in [7, 11) is 0. The number of fused-ring (bicyclic) bond motifs is 1. The van der Waals surface area contributed by atoms with Crippen molar-refractivity contribution in [3.05, 3.63) is 116 Å². The van der Waals surface area contributed by atoms with E-state index < -0.39 is 0 Å². The number of aryl methyl sites for hydroxylation is 2. The van der Waals surface area contributed by atoms with Crippen molar-refractivity contribution in [2.45, 2.75) is 20.4 Å². The summed E-state index contributed by atoms with van der Waals surface area (Å²) in [6.45, 7) is 4.31. The number of rotatable bonds is 5. The van der Waals surface area contributed by atoms with Gasteiger partial charge in [-0.1, -0.05) is 47.5 Å². The van der Waals surface area contributed by atoms with Crippen molar-refractivity contribution in [1.29, 1.82) is 0 Å². The average Bonchev–Trinajstić information content (AvgIpc) is 3.32. The van der Waals surface area contributed by atoms with Crippen LogP contribution in [-0.2, 0) is 11.3 Å². The van der Waals surface area contributed by atoms with Gasteiger partial charge in [-0.2, -0.15) is 0 Å². The number of benzene rings is 3. The van der Waals surface area contributed by atoms with Crippen molar-refractivity contribution < 1.29 is 9.59 Å². The van der Waals surface area contributed by atoms with Gasteiger partial charge in [-0.3, -0.25) is 9.59 Å². The molecule has 7 heteroatoms. The Morgan fingerprint density at radius 1 is 0.972 bits per heavy atom. The molecular weight excluding hydrogens is 493 g/mol. The first-order valence-electron chi connectivity index (χ1n) is 11.4. The second-order valence-electron chi connectivity index (χ2n) is 8.80. The molecule has 180 valence electrons. The molecule has 0 saturated carbocycles. The molecule has 0 saturated heterocycles. The highest BCUT2D eigenvalue weighted by Crippen LogP contribution is 2.41. The monoisotopic (exact) mass is 515 g/mol. The maximum absolute atomic E-state index is 13.7. The van der Waals surface area contributed by atoms with Crippen LogP contribution >= 0.6 is 23.2 Å². The lowest BCUT2D eigenvalue weighted by Crippen LogP contribution is -2.25. The van der Waals surface area contributed by atoms with Crippen LogP contribution in [0.25, 0.3) is 11.6 Å². The van der Waals surface area contributed by atoms with E-state index in [1.54, 1.807) is 29.2 Å². The lowest BCUT2D eigenvalue weighted by molar-refractivity contribution is -0.113. The summed E-state index contributed by atoms with van der Waals surface area (Å²) in [4.78, 5) is 31.5. The van der Waals surface area contributed by atoms with E-state index in [0.29, 0.717) is 33.4 Å². The van der Waals surface area contributed by atoms with E-state index >= 15 is 0 Å². The molecular formula is C29H23Cl2N3O2. The van der Waals surface area contributed by atoms with Gasteiger partial charge in [0, 0.05) is 28.2 Å². The van der Waals surface area contributed by atoms with Gasteiger partial charge in [-0.25, -0.2) is 0 Å². The molecule has 2 amide bonds. The number of H-pyrrole nitrogens is 1. The molecule has 2 heterocycles. The number of aromatic nitrogens is 1. The van der Waals surface area contributed by atoms with Crippen LogP contribution in [0.2, 0.25) is 10.0 Å². The largest absolute Gasteiger partial charge is 0.359 e. The van der Waals surface area contributed by atoms with Crippen molar-refractivity contribution in [1.82, 2.24) is 4.98 Å². The zero-order valence-corrected chi connectivity index (χ0v) is 21.2. The van der Waals surface area contributed by atoms with Crippen LogP contribution in [-0.4, -0.2) is 16.8 Å². The zero-order chi connectivity index (χ0) is 25.4. The summed E-state index contributed by atoms with van der Waals surface area (Å²) >= 11 is 12.3. The van der Waals surface area contributed by atoms with Gasteiger partial charge in [0.05, 0.1) is 27.9 Å².